The van der Waals surface area contributed by atoms with Crippen molar-refractivity contribution in [2.45, 2.75) is 57.3 Å². The zero-order valence-electron chi connectivity index (χ0n) is 16.2. The lowest BCUT2D eigenvalue weighted by molar-refractivity contribution is 0.338. The first-order valence-corrected chi connectivity index (χ1v) is 11.0. The van der Waals surface area contributed by atoms with Crippen molar-refractivity contribution >= 4 is 15.7 Å². The predicted molar refractivity (Wildman–Crippen MR) is 107 cm³/mol. The second kappa shape index (κ2) is 7.09. The van der Waals surface area contributed by atoms with Gasteiger partial charge in [0.1, 0.15) is 4.90 Å². The quantitative estimate of drug-likeness (QED) is 0.642. The van der Waals surface area contributed by atoms with Crippen LogP contribution >= 0.6 is 0 Å². The van der Waals surface area contributed by atoms with Crippen molar-refractivity contribution in [2.75, 3.05) is 4.72 Å². The normalized spacial score (nSPS) is 14.8. The average Bonchev–Trinajstić information content (AvgIpc) is 3.17. The molecule has 7 nitrogen and oxygen atoms in total. The van der Waals surface area contributed by atoms with Crippen LogP contribution in [0.3, 0.4) is 0 Å². The van der Waals surface area contributed by atoms with Gasteiger partial charge in [0, 0.05) is 23.0 Å². The SMILES string of the molecule is CCc1cccc(NS(=O)(=O)c2c(C)[nH]c(C)c2-c2nnc(C3CCC3)o2)c1. The van der Waals surface area contributed by atoms with E-state index < -0.39 is 10.0 Å². The molecule has 2 N–H and O–H groups in total. The van der Waals surface area contributed by atoms with Gasteiger partial charge < -0.3 is 9.40 Å². The van der Waals surface area contributed by atoms with Gasteiger partial charge in [-0.15, -0.1) is 10.2 Å². The minimum atomic E-state index is -3.84. The number of anilines is 1. The van der Waals surface area contributed by atoms with Crippen LogP contribution in [0.5, 0.6) is 0 Å². The molecule has 2 heterocycles. The molecule has 1 aliphatic rings. The van der Waals surface area contributed by atoms with Gasteiger partial charge in [0.2, 0.25) is 5.89 Å². The van der Waals surface area contributed by atoms with E-state index in [0.717, 1.165) is 31.2 Å². The maximum atomic E-state index is 13.2. The van der Waals surface area contributed by atoms with Crippen LogP contribution in [-0.2, 0) is 16.4 Å². The lowest BCUT2D eigenvalue weighted by atomic mass is 9.85. The Labute approximate surface area is 164 Å². The monoisotopic (exact) mass is 400 g/mol. The van der Waals surface area contributed by atoms with Crippen molar-refractivity contribution < 1.29 is 12.8 Å². The highest BCUT2D eigenvalue weighted by Crippen LogP contribution is 2.39. The van der Waals surface area contributed by atoms with Crippen LogP contribution in [0.1, 0.15) is 54.9 Å². The summed E-state index contributed by atoms with van der Waals surface area (Å²) in [5.74, 6) is 1.12. The highest BCUT2D eigenvalue weighted by atomic mass is 32.2. The van der Waals surface area contributed by atoms with E-state index in [9.17, 15) is 8.42 Å². The van der Waals surface area contributed by atoms with Crippen LogP contribution in [0.4, 0.5) is 5.69 Å². The summed E-state index contributed by atoms with van der Waals surface area (Å²) in [6.07, 6.45) is 4.06. The number of H-pyrrole nitrogens is 1. The molecule has 0 radical (unpaired) electrons. The lowest BCUT2D eigenvalue weighted by Crippen LogP contribution is -2.14. The summed E-state index contributed by atoms with van der Waals surface area (Å²) in [4.78, 5) is 3.26. The van der Waals surface area contributed by atoms with Crippen molar-refractivity contribution in [2.24, 2.45) is 0 Å². The van der Waals surface area contributed by atoms with Crippen LogP contribution in [0.15, 0.2) is 33.6 Å². The van der Waals surface area contributed by atoms with Crippen molar-refractivity contribution in [1.29, 1.82) is 0 Å². The number of hydrogen-bond donors (Lipinski definition) is 2. The van der Waals surface area contributed by atoms with E-state index in [1.807, 2.05) is 32.0 Å². The Balaban J connectivity index is 1.73. The molecule has 0 spiro atoms. The smallest absolute Gasteiger partial charge is 0.264 e. The second-order valence-corrected chi connectivity index (χ2v) is 8.93. The average molecular weight is 401 g/mol. The van der Waals surface area contributed by atoms with Crippen molar-refractivity contribution in [3.8, 4) is 11.5 Å². The Morgan fingerprint density at radius 1 is 1.21 bits per heavy atom. The van der Waals surface area contributed by atoms with Crippen molar-refractivity contribution in [1.82, 2.24) is 15.2 Å². The van der Waals surface area contributed by atoms with Crippen molar-refractivity contribution in [3.63, 3.8) is 0 Å². The fourth-order valence-electron chi connectivity index (χ4n) is 3.57. The summed E-state index contributed by atoms with van der Waals surface area (Å²) in [7, 11) is -3.84. The third kappa shape index (κ3) is 3.32. The minimum Gasteiger partial charge on any atom is -0.420 e. The topological polar surface area (TPSA) is 101 Å². The molecular weight excluding hydrogens is 376 g/mol. The number of nitrogens with one attached hydrogen (secondary N) is 2. The van der Waals surface area contributed by atoms with Gasteiger partial charge in [-0.2, -0.15) is 0 Å². The molecule has 28 heavy (non-hydrogen) atoms. The molecule has 1 saturated carbocycles. The van der Waals surface area contributed by atoms with Crippen molar-refractivity contribution in [3.05, 3.63) is 47.1 Å². The summed E-state index contributed by atoms with van der Waals surface area (Å²) in [5, 5.41) is 8.29. The minimum absolute atomic E-state index is 0.149. The molecule has 1 aromatic carbocycles. The van der Waals surface area contributed by atoms with Gasteiger partial charge in [0.25, 0.3) is 15.9 Å². The zero-order chi connectivity index (χ0) is 19.9. The number of benzene rings is 1. The first kappa shape index (κ1) is 18.7. The van der Waals surface area contributed by atoms with Gasteiger partial charge in [-0.05, 0) is 50.8 Å². The van der Waals surface area contributed by atoms with E-state index in [1.54, 1.807) is 13.0 Å². The summed E-state index contributed by atoms with van der Waals surface area (Å²) < 4.78 is 35.0. The fraction of sp³-hybridized carbons (Fsp3) is 0.400. The molecule has 1 aliphatic carbocycles. The number of nitrogens with zero attached hydrogens (tertiary/aromatic N) is 2. The third-order valence-corrected chi connectivity index (χ3v) is 6.83. The van der Waals surface area contributed by atoms with E-state index >= 15 is 0 Å². The highest BCUT2D eigenvalue weighted by molar-refractivity contribution is 7.93. The molecule has 1 fully saturated rings. The van der Waals surface area contributed by atoms with E-state index in [0.29, 0.717) is 28.5 Å². The fourth-order valence-corrected chi connectivity index (χ4v) is 5.07. The Morgan fingerprint density at radius 3 is 2.68 bits per heavy atom. The molecule has 8 heteroatoms. The van der Waals surface area contributed by atoms with Gasteiger partial charge in [0.05, 0.1) is 5.56 Å². The molecule has 0 unspecified atom stereocenters. The predicted octanol–water partition coefficient (Wildman–Crippen LogP) is 4.31. The molecule has 148 valence electrons. The third-order valence-electron chi connectivity index (χ3n) is 5.28. The van der Waals surface area contributed by atoms with Gasteiger partial charge in [-0.25, -0.2) is 8.42 Å². The van der Waals surface area contributed by atoms with E-state index in [-0.39, 0.29) is 16.7 Å². The molecule has 0 bridgehead atoms. The van der Waals surface area contributed by atoms with Crippen LogP contribution in [-0.4, -0.2) is 23.6 Å². The number of aryl methyl sites for hydroxylation is 3. The van der Waals surface area contributed by atoms with Crippen LogP contribution in [0.25, 0.3) is 11.5 Å². The molecule has 0 saturated heterocycles. The van der Waals surface area contributed by atoms with Gasteiger partial charge in [0.15, 0.2) is 0 Å². The summed E-state index contributed by atoms with van der Waals surface area (Å²) in [6, 6.07) is 7.39. The maximum Gasteiger partial charge on any atom is 0.264 e. The van der Waals surface area contributed by atoms with Gasteiger partial charge >= 0.3 is 0 Å². The molecular formula is C20H24N4O3S. The maximum absolute atomic E-state index is 13.2. The Hall–Kier alpha value is -2.61. The first-order valence-electron chi connectivity index (χ1n) is 9.53. The molecule has 3 aromatic rings. The zero-order valence-corrected chi connectivity index (χ0v) is 17.1. The second-order valence-electron chi connectivity index (χ2n) is 7.31. The summed E-state index contributed by atoms with van der Waals surface area (Å²) >= 11 is 0. The molecule has 0 aliphatic heterocycles. The van der Waals surface area contributed by atoms with Gasteiger partial charge in [-0.1, -0.05) is 25.5 Å². The van der Waals surface area contributed by atoms with E-state index in [1.165, 1.54) is 0 Å². The largest absolute Gasteiger partial charge is 0.420 e. The van der Waals surface area contributed by atoms with Gasteiger partial charge in [-0.3, -0.25) is 4.72 Å². The van der Waals surface area contributed by atoms with E-state index in [2.05, 4.69) is 19.9 Å². The Morgan fingerprint density at radius 2 is 2.00 bits per heavy atom. The van der Waals surface area contributed by atoms with Crippen LogP contribution in [0.2, 0.25) is 0 Å². The first-order chi connectivity index (χ1) is 13.4. The summed E-state index contributed by atoms with van der Waals surface area (Å²) in [5.41, 5.74) is 3.25. The molecule has 4 rings (SSSR count). The molecule has 0 amide bonds. The number of hydrogen-bond acceptors (Lipinski definition) is 5. The highest BCUT2D eigenvalue weighted by Gasteiger charge is 2.31. The number of rotatable bonds is 6. The van der Waals surface area contributed by atoms with E-state index in [4.69, 9.17) is 4.42 Å². The van der Waals surface area contributed by atoms with Crippen LogP contribution < -0.4 is 4.72 Å². The number of aromatic amines is 1. The standard InChI is InChI=1S/C20H24N4O3S/c1-4-14-7-5-10-16(11-14)24-28(25,26)18-13(3)21-12(2)17(18)20-23-22-19(27-20)15-8-6-9-15/h5,7,10-11,15,21,24H,4,6,8-9H2,1-3H3. The number of aromatic nitrogens is 3. The Kier molecular flexibility index (Phi) is 4.74. The Bertz CT molecular complexity index is 1110. The summed E-state index contributed by atoms with van der Waals surface area (Å²) in [6.45, 7) is 5.57. The number of sulfonamides is 1. The molecule has 2 aromatic heterocycles. The lowest BCUT2D eigenvalue weighted by Gasteiger charge is -2.20. The van der Waals surface area contributed by atoms with Crippen LogP contribution in [0, 0.1) is 13.8 Å². The molecule has 0 atom stereocenters.